The molecule has 1 heterocycles. The Morgan fingerprint density at radius 1 is 1.05 bits per heavy atom. The van der Waals surface area contributed by atoms with Crippen LogP contribution in [0, 0.1) is 11.6 Å². The van der Waals surface area contributed by atoms with Gasteiger partial charge in [-0.25, -0.2) is 8.78 Å². The van der Waals surface area contributed by atoms with Gasteiger partial charge in [-0.05, 0) is 18.2 Å². The van der Waals surface area contributed by atoms with Crippen molar-refractivity contribution in [2.75, 3.05) is 11.9 Å². The maximum absolute atomic E-state index is 13.2. The highest BCUT2D eigenvalue weighted by Gasteiger charge is 2.25. The third kappa shape index (κ3) is 2.41. The van der Waals surface area contributed by atoms with E-state index in [1.165, 1.54) is 24.3 Å². The number of hydrogen-bond donors (Lipinski definition) is 1. The molecule has 0 saturated carbocycles. The summed E-state index contributed by atoms with van der Waals surface area (Å²) in [6.07, 6.45) is -0.418. The first kappa shape index (κ1) is 13.5. The van der Waals surface area contributed by atoms with Gasteiger partial charge in [0.25, 0.3) is 0 Å². The van der Waals surface area contributed by atoms with Crippen molar-refractivity contribution in [3.05, 3.63) is 57.6 Å². The number of ether oxygens (including phenoxy) is 1. The van der Waals surface area contributed by atoms with Crippen LogP contribution < -0.4 is 10.1 Å². The van der Waals surface area contributed by atoms with Gasteiger partial charge in [0.1, 0.15) is 17.7 Å². The average Bonchev–Trinajstić information content (AvgIpc) is 2.38. The number of rotatable bonds is 1. The highest BCUT2D eigenvalue weighted by molar-refractivity contribution is 6.32. The molecule has 20 heavy (non-hydrogen) atoms. The van der Waals surface area contributed by atoms with Crippen molar-refractivity contribution >= 4 is 28.9 Å². The van der Waals surface area contributed by atoms with E-state index in [0.717, 1.165) is 0 Å². The topological polar surface area (TPSA) is 21.3 Å². The molecule has 0 amide bonds. The molecule has 1 atom stereocenters. The highest BCUT2D eigenvalue weighted by atomic mass is 35.5. The molecule has 1 N–H and O–H groups in total. The van der Waals surface area contributed by atoms with E-state index in [1.54, 1.807) is 6.07 Å². The van der Waals surface area contributed by atoms with Crippen molar-refractivity contribution in [1.82, 2.24) is 0 Å². The normalized spacial score (nSPS) is 17.1. The van der Waals surface area contributed by atoms with Crippen LogP contribution in [-0.2, 0) is 0 Å². The van der Waals surface area contributed by atoms with Crippen molar-refractivity contribution in [3.63, 3.8) is 0 Å². The van der Waals surface area contributed by atoms with E-state index in [4.69, 9.17) is 27.9 Å². The summed E-state index contributed by atoms with van der Waals surface area (Å²) < 4.78 is 32.1. The predicted octanol–water partition coefficient (Wildman–Crippen LogP) is 4.82. The molecule has 0 spiro atoms. The van der Waals surface area contributed by atoms with Crippen LogP contribution in [0.25, 0.3) is 0 Å². The first-order chi connectivity index (χ1) is 9.54. The Balaban J connectivity index is 1.96. The van der Waals surface area contributed by atoms with Crippen LogP contribution in [-0.4, -0.2) is 6.54 Å². The fraction of sp³-hybridized carbons (Fsp3) is 0.143. The van der Waals surface area contributed by atoms with Crippen molar-refractivity contribution in [2.24, 2.45) is 0 Å². The Hall–Kier alpha value is -1.52. The van der Waals surface area contributed by atoms with E-state index in [9.17, 15) is 8.78 Å². The number of anilines is 1. The molecule has 0 aliphatic carbocycles. The molecule has 1 unspecified atom stereocenters. The summed E-state index contributed by atoms with van der Waals surface area (Å²) in [7, 11) is 0. The summed E-state index contributed by atoms with van der Waals surface area (Å²) in [5.41, 5.74) is 1.14. The lowest BCUT2D eigenvalue weighted by atomic mass is 10.1. The number of halogens is 4. The maximum atomic E-state index is 13.2. The molecule has 1 aliphatic heterocycles. The van der Waals surface area contributed by atoms with Gasteiger partial charge in [0.05, 0.1) is 22.3 Å². The Morgan fingerprint density at radius 3 is 2.55 bits per heavy atom. The zero-order chi connectivity index (χ0) is 14.3. The standard InChI is InChI=1S/C14H9Cl2F2NO/c15-10-3-7(17)1-2-9(10)13-6-19-12-5-8(18)4-11(16)14(12)20-13/h1-5,13,19H,6H2. The second-order valence-corrected chi connectivity index (χ2v) is 5.23. The van der Waals surface area contributed by atoms with Gasteiger partial charge in [-0.15, -0.1) is 0 Å². The fourth-order valence-corrected chi connectivity index (χ4v) is 2.67. The molecule has 3 rings (SSSR count). The minimum Gasteiger partial charge on any atom is -0.480 e. The molecular weight excluding hydrogens is 307 g/mol. The fourth-order valence-electron chi connectivity index (χ4n) is 2.13. The number of hydrogen-bond acceptors (Lipinski definition) is 2. The van der Waals surface area contributed by atoms with Gasteiger partial charge in [0.2, 0.25) is 0 Å². The highest BCUT2D eigenvalue weighted by Crippen LogP contribution is 2.41. The van der Waals surface area contributed by atoms with Gasteiger partial charge in [-0.1, -0.05) is 29.3 Å². The quantitative estimate of drug-likeness (QED) is 0.814. The monoisotopic (exact) mass is 315 g/mol. The largest absolute Gasteiger partial charge is 0.480 e. The van der Waals surface area contributed by atoms with Crippen molar-refractivity contribution in [1.29, 1.82) is 0 Å². The van der Waals surface area contributed by atoms with Gasteiger partial charge in [-0.2, -0.15) is 0 Å². The van der Waals surface area contributed by atoms with Crippen molar-refractivity contribution in [3.8, 4) is 5.75 Å². The molecule has 2 nitrogen and oxygen atoms in total. The summed E-state index contributed by atoms with van der Waals surface area (Å²) >= 11 is 12.0. The molecule has 2 aromatic carbocycles. The molecule has 104 valence electrons. The van der Waals surface area contributed by atoms with Crippen molar-refractivity contribution < 1.29 is 13.5 Å². The van der Waals surface area contributed by atoms with E-state index >= 15 is 0 Å². The minimum absolute atomic E-state index is 0.176. The molecule has 6 heteroatoms. The Kier molecular flexibility index (Phi) is 3.44. The average molecular weight is 316 g/mol. The van der Waals surface area contributed by atoms with Crippen molar-refractivity contribution in [2.45, 2.75) is 6.10 Å². The van der Waals surface area contributed by atoms with E-state index in [0.29, 0.717) is 23.5 Å². The molecular formula is C14H9Cl2F2NO. The molecule has 1 aliphatic rings. The Labute approximate surface area is 124 Å². The summed E-state index contributed by atoms with van der Waals surface area (Å²) in [5, 5.41) is 3.49. The Morgan fingerprint density at radius 2 is 1.80 bits per heavy atom. The van der Waals surface area contributed by atoms with E-state index < -0.39 is 17.7 Å². The van der Waals surface area contributed by atoms with Crippen LogP contribution in [0.15, 0.2) is 30.3 Å². The lowest BCUT2D eigenvalue weighted by Gasteiger charge is -2.28. The second kappa shape index (κ2) is 5.11. The third-order valence-electron chi connectivity index (χ3n) is 3.06. The van der Waals surface area contributed by atoms with Gasteiger partial charge in [0, 0.05) is 11.6 Å². The van der Waals surface area contributed by atoms with Gasteiger partial charge < -0.3 is 10.1 Å². The van der Waals surface area contributed by atoms with Crippen LogP contribution in [0.4, 0.5) is 14.5 Å². The minimum atomic E-state index is -0.442. The smallest absolute Gasteiger partial charge is 0.162 e. The number of fused-ring (bicyclic) bond motifs is 1. The second-order valence-electron chi connectivity index (χ2n) is 4.42. The zero-order valence-electron chi connectivity index (χ0n) is 10.1. The lowest BCUT2D eigenvalue weighted by Crippen LogP contribution is -2.24. The van der Waals surface area contributed by atoms with Crippen LogP contribution in [0.3, 0.4) is 0 Å². The summed E-state index contributed by atoms with van der Waals surface area (Å²) in [5.74, 6) is -0.490. The molecule has 0 fully saturated rings. The maximum Gasteiger partial charge on any atom is 0.162 e. The molecule has 0 aromatic heterocycles. The number of nitrogens with one attached hydrogen (secondary N) is 1. The van der Waals surface area contributed by atoms with Crippen LogP contribution >= 0.6 is 23.2 Å². The van der Waals surface area contributed by atoms with Gasteiger partial charge in [0.15, 0.2) is 5.75 Å². The molecule has 2 aromatic rings. The van der Waals surface area contributed by atoms with Crippen LogP contribution in [0.2, 0.25) is 10.0 Å². The van der Waals surface area contributed by atoms with E-state index in [-0.39, 0.29) is 10.0 Å². The summed E-state index contributed by atoms with van der Waals surface area (Å²) in [6, 6.07) is 6.58. The lowest BCUT2D eigenvalue weighted by molar-refractivity contribution is 0.210. The Bertz CT molecular complexity index is 678. The molecule has 0 radical (unpaired) electrons. The van der Waals surface area contributed by atoms with Gasteiger partial charge >= 0.3 is 0 Å². The number of benzene rings is 2. The first-order valence-corrected chi connectivity index (χ1v) is 6.64. The first-order valence-electron chi connectivity index (χ1n) is 5.89. The van der Waals surface area contributed by atoms with Crippen LogP contribution in [0.1, 0.15) is 11.7 Å². The van der Waals surface area contributed by atoms with Crippen LogP contribution in [0.5, 0.6) is 5.75 Å². The summed E-state index contributed by atoms with van der Waals surface area (Å²) in [6.45, 7) is 0.387. The SMILES string of the molecule is Fc1ccc(C2CNc3cc(F)cc(Cl)c3O2)c(Cl)c1. The van der Waals surface area contributed by atoms with Gasteiger partial charge in [-0.3, -0.25) is 0 Å². The predicted molar refractivity (Wildman–Crippen MR) is 74.7 cm³/mol. The molecule has 0 saturated heterocycles. The molecule has 0 bridgehead atoms. The zero-order valence-corrected chi connectivity index (χ0v) is 11.6. The van der Waals surface area contributed by atoms with E-state index in [1.807, 2.05) is 0 Å². The summed E-state index contributed by atoms with van der Waals surface area (Å²) in [4.78, 5) is 0. The third-order valence-corrected chi connectivity index (χ3v) is 3.66. The van der Waals surface area contributed by atoms with E-state index in [2.05, 4.69) is 5.32 Å².